The zero-order valence-corrected chi connectivity index (χ0v) is 12.9. The molecule has 0 saturated carbocycles. The van der Waals surface area contributed by atoms with Crippen molar-refractivity contribution in [1.82, 2.24) is 0 Å². The first-order valence-electron chi connectivity index (χ1n) is 7.37. The molecule has 0 unspecified atom stereocenters. The maximum Gasteiger partial charge on any atom is 0.118 e. The van der Waals surface area contributed by atoms with Gasteiger partial charge in [-0.2, -0.15) is 0 Å². The van der Waals surface area contributed by atoms with Gasteiger partial charge in [-0.25, -0.2) is 0 Å². The average Bonchev–Trinajstić information content (AvgIpc) is 2.48. The predicted molar refractivity (Wildman–Crippen MR) is 87.7 cm³/mol. The Balaban J connectivity index is 1.91. The van der Waals surface area contributed by atoms with Crippen molar-refractivity contribution >= 4 is 11.4 Å². The molecular formula is C19H21NO. The van der Waals surface area contributed by atoms with Crippen LogP contribution in [0.1, 0.15) is 25.0 Å². The Labute approximate surface area is 126 Å². The number of nitrogens with zero attached hydrogens (tertiary/aromatic N) is 1. The van der Waals surface area contributed by atoms with E-state index in [0.29, 0.717) is 0 Å². The van der Waals surface area contributed by atoms with Crippen molar-refractivity contribution in [2.75, 3.05) is 7.11 Å². The highest BCUT2D eigenvalue weighted by Crippen LogP contribution is 2.36. The molecule has 2 heteroatoms. The highest BCUT2D eigenvalue weighted by molar-refractivity contribution is 5.95. The van der Waals surface area contributed by atoms with E-state index in [-0.39, 0.29) is 5.41 Å². The molecule has 0 atom stereocenters. The largest absolute Gasteiger partial charge is 0.497 e. The summed E-state index contributed by atoms with van der Waals surface area (Å²) in [5.74, 6) is 0.897. The average molecular weight is 279 g/mol. The highest BCUT2D eigenvalue weighted by Gasteiger charge is 2.30. The Bertz CT molecular complexity index is 668. The first-order chi connectivity index (χ1) is 10.1. The lowest BCUT2D eigenvalue weighted by atomic mass is 9.76. The van der Waals surface area contributed by atoms with Crippen molar-refractivity contribution in [2.24, 2.45) is 10.4 Å². The lowest BCUT2D eigenvalue weighted by Gasteiger charge is -2.32. The molecule has 108 valence electrons. The molecule has 1 aliphatic rings. The Kier molecular flexibility index (Phi) is 3.54. The maximum absolute atomic E-state index is 5.22. The first-order valence-corrected chi connectivity index (χ1v) is 7.37. The minimum Gasteiger partial charge on any atom is -0.497 e. The van der Waals surface area contributed by atoms with Crippen LogP contribution in [0, 0.1) is 5.41 Å². The summed E-state index contributed by atoms with van der Waals surface area (Å²) in [4.78, 5) is 4.92. The number of rotatable bonds is 3. The van der Waals surface area contributed by atoms with Gasteiger partial charge >= 0.3 is 0 Å². The van der Waals surface area contributed by atoms with Gasteiger partial charge in [0, 0.05) is 17.5 Å². The van der Waals surface area contributed by atoms with E-state index in [1.54, 1.807) is 7.11 Å². The van der Waals surface area contributed by atoms with E-state index >= 15 is 0 Å². The fourth-order valence-electron chi connectivity index (χ4n) is 2.86. The van der Waals surface area contributed by atoms with Crippen LogP contribution < -0.4 is 4.74 Å². The Morgan fingerprint density at radius 1 is 1.05 bits per heavy atom. The fourth-order valence-corrected chi connectivity index (χ4v) is 2.86. The Morgan fingerprint density at radius 3 is 2.48 bits per heavy atom. The van der Waals surface area contributed by atoms with Crippen LogP contribution in [0.25, 0.3) is 0 Å². The van der Waals surface area contributed by atoms with Crippen LogP contribution >= 0.6 is 0 Å². The second kappa shape index (κ2) is 5.36. The van der Waals surface area contributed by atoms with Crippen LogP contribution in [0.2, 0.25) is 0 Å². The molecule has 2 aromatic rings. The number of methoxy groups -OCH3 is 1. The Hall–Kier alpha value is -2.09. The number of ether oxygens (including phenoxy) is 1. The van der Waals surface area contributed by atoms with E-state index in [0.717, 1.165) is 24.3 Å². The summed E-state index contributed by atoms with van der Waals surface area (Å²) in [6.07, 6.45) is 1.95. The van der Waals surface area contributed by atoms with Crippen LogP contribution in [0.3, 0.4) is 0 Å². The van der Waals surface area contributed by atoms with Crippen molar-refractivity contribution in [2.45, 2.75) is 26.7 Å². The quantitative estimate of drug-likeness (QED) is 0.805. The third kappa shape index (κ3) is 2.85. The third-order valence-corrected chi connectivity index (χ3v) is 4.19. The van der Waals surface area contributed by atoms with Crippen LogP contribution in [0.5, 0.6) is 5.75 Å². The summed E-state index contributed by atoms with van der Waals surface area (Å²) in [5.41, 5.74) is 5.11. The van der Waals surface area contributed by atoms with E-state index < -0.39 is 0 Å². The highest BCUT2D eigenvalue weighted by atomic mass is 16.5. The number of aliphatic imine (C=N–C) groups is 1. The molecule has 3 rings (SSSR count). The molecule has 0 aliphatic carbocycles. The molecule has 2 nitrogen and oxygen atoms in total. The smallest absolute Gasteiger partial charge is 0.118 e. The van der Waals surface area contributed by atoms with Gasteiger partial charge in [0.2, 0.25) is 0 Å². The molecular weight excluding hydrogens is 258 g/mol. The van der Waals surface area contributed by atoms with Gasteiger partial charge in [0.25, 0.3) is 0 Å². The zero-order valence-electron chi connectivity index (χ0n) is 12.9. The molecule has 0 spiro atoms. The van der Waals surface area contributed by atoms with Gasteiger partial charge in [-0.3, -0.25) is 4.99 Å². The van der Waals surface area contributed by atoms with Crippen molar-refractivity contribution in [3.8, 4) is 5.75 Å². The molecule has 2 aromatic carbocycles. The van der Waals surface area contributed by atoms with Crippen molar-refractivity contribution in [1.29, 1.82) is 0 Å². The molecule has 0 bridgehead atoms. The van der Waals surface area contributed by atoms with Crippen LogP contribution in [-0.2, 0) is 12.8 Å². The standard InChI is InChI=1S/C19H21NO/c1-19(2)13-15-6-4-5-7-17(15)20-18(19)12-14-8-10-16(21-3)11-9-14/h4-11H,12-13H2,1-3H3. The second-order valence-corrected chi connectivity index (χ2v) is 6.27. The summed E-state index contributed by atoms with van der Waals surface area (Å²) in [6.45, 7) is 4.57. The molecule has 1 aliphatic heterocycles. The van der Waals surface area contributed by atoms with E-state index in [4.69, 9.17) is 9.73 Å². The number of benzene rings is 2. The molecule has 0 fully saturated rings. The number of hydrogen-bond acceptors (Lipinski definition) is 2. The van der Waals surface area contributed by atoms with Crippen LogP contribution in [-0.4, -0.2) is 12.8 Å². The van der Waals surface area contributed by atoms with Gasteiger partial charge in [-0.05, 0) is 35.7 Å². The second-order valence-electron chi connectivity index (χ2n) is 6.27. The minimum absolute atomic E-state index is 0.105. The molecule has 0 radical (unpaired) electrons. The molecule has 0 saturated heterocycles. The fraction of sp³-hybridized carbons (Fsp3) is 0.316. The number of hydrogen-bond donors (Lipinski definition) is 0. The topological polar surface area (TPSA) is 21.6 Å². The summed E-state index contributed by atoms with van der Waals surface area (Å²) in [6, 6.07) is 16.7. The molecule has 0 N–H and O–H groups in total. The Morgan fingerprint density at radius 2 is 1.76 bits per heavy atom. The summed E-state index contributed by atoms with van der Waals surface area (Å²) < 4.78 is 5.22. The van der Waals surface area contributed by atoms with Crippen LogP contribution in [0.4, 0.5) is 5.69 Å². The van der Waals surface area contributed by atoms with Crippen molar-refractivity contribution in [3.05, 3.63) is 59.7 Å². The third-order valence-electron chi connectivity index (χ3n) is 4.19. The van der Waals surface area contributed by atoms with E-state index in [9.17, 15) is 0 Å². The lowest BCUT2D eigenvalue weighted by molar-refractivity contribution is 0.414. The van der Waals surface area contributed by atoms with E-state index in [1.165, 1.54) is 16.8 Å². The molecule has 1 heterocycles. The minimum atomic E-state index is 0.105. The van der Waals surface area contributed by atoms with E-state index in [1.807, 2.05) is 12.1 Å². The van der Waals surface area contributed by atoms with Gasteiger partial charge in [0.1, 0.15) is 5.75 Å². The summed E-state index contributed by atoms with van der Waals surface area (Å²) >= 11 is 0. The molecule has 0 aromatic heterocycles. The van der Waals surface area contributed by atoms with Crippen LogP contribution in [0.15, 0.2) is 53.5 Å². The maximum atomic E-state index is 5.22. The monoisotopic (exact) mass is 279 g/mol. The normalized spacial score (nSPS) is 16.0. The zero-order chi connectivity index (χ0) is 14.9. The molecule has 21 heavy (non-hydrogen) atoms. The van der Waals surface area contributed by atoms with Gasteiger partial charge in [-0.15, -0.1) is 0 Å². The number of fused-ring (bicyclic) bond motifs is 1. The van der Waals surface area contributed by atoms with Gasteiger partial charge in [0.15, 0.2) is 0 Å². The van der Waals surface area contributed by atoms with Gasteiger partial charge in [-0.1, -0.05) is 44.2 Å². The van der Waals surface area contributed by atoms with Gasteiger partial charge < -0.3 is 4.74 Å². The van der Waals surface area contributed by atoms with Crippen molar-refractivity contribution < 1.29 is 4.74 Å². The summed E-state index contributed by atoms with van der Waals surface area (Å²) in [7, 11) is 1.69. The summed E-state index contributed by atoms with van der Waals surface area (Å²) in [5, 5.41) is 0. The number of para-hydroxylation sites is 1. The van der Waals surface area contributed by atoms with Crippen molar-refractivity contribution in [3.63, 3.8) is 0 Å². The lowest BCUT2D eigenvalue weighted by Crippen LogP contribution is -2.31. The first kappa shape index (κ1) is 13.9. The van der Waals surface area contributed by atoms with E-state index in [2.05, 4.69) is 50.2 Å². The SMILES string of the molecule is COc1ccc(CC2=Nc3ccccc3CC2(C)C)cc1. The predicted octanol–water partition coefficient (Wildman–Crippen LogP) is 4.59. The van der Waals surface area contributed by atoms with Gasteiger partial charge in [0.05, 0.1) is 12.8 Å². The molecule has 0 amide bonds.